The Kier molecular flexibility index (Phi) is 3.93. The topological polar surface area (TPSA) is 52.9 Å². The van der Waals surface area contributed by atoms with Gasteiger partial charge >= 0.3 is 0 Å². The molecule has 0 aliphatic rings. The van der Waals surface area contributed by atoms with Gasteiger partial charge in [-0.3, -0.25) is 4.79 Å². The van der Waals surface area contributed by atoms with Gasteiger partial charge in [0.25, 0.3) is 5.91 Å². The maximum Gasteiger partial charge on any atom is 0.255 e. The number of benzene rings is 2. The minimum Gasteiger partial charge on any atom is -0.319 e. The number of rotatable bonds is 2. The van der Waals surface area contributed by atoms with Crippen LogP contribution in [0, 0.1) is 17.1 Å². The number of carbonyl (C=O) groups excluding carboxylic acids is 1. The third-order valence-corrected chi connectivity index (χ3v) is 2.95. The number of carbonyl (C=O) groups is 1. The lowest BCUT2D eigenvalue weighted by Crippen LogP contribution is -2.12. The van der Waals surface area contributed by atoms with Crippen LogP contribution in [0.4, 0.5) is 10.1 Å². The minimum absolute atomic E-state index is 0.109. The maximum absolute atomic E-state index is 13.6. The summed E-state index contributed by atoms with van der Waals surface area (Å²) in [6, 6.07) is 12.4. The minimum atomic E-state index is -0.517. The lowest BCUT2D eigenvalue weighted by Gasteiger charge is -2.06. The van der Waals surface area contributed by atoms with Crippen molar-refractivity contribution in [2.45, 2.75) is 0 Å². The van der Waals surface area contributed by atoms with Crippen LogP contribution in [-0.2, 0) is 0 Å². The molecular weight excluding hydrogens is 311 g/mol. The smallest absolute Gasteiger partial charge is 0.255 e. The van der Waals surface area contributed by atoms with Gasteiger partial charge in [-0.15, -0.1) is 0 Å². The van der Waals surface area contributed by atoms with Crippen LogP contribution in [0.25, 0.3) is 0 Å². The largest absolute Gasteiger partial charge is 0.319 e. The summed E-state index contributed by atoms with van der Waals surface area (Å²) in [6.45, 7) is 0. The normalized spacial score (nSPS) is 9.74. The van der Waals surface area contributed by atoms with Crippen LogP contribution >= 0.6 is 15.9 Å². The van der Waals surface area contributed by atoms with E-state index in [1.807, 2.05) is 6.07 Å². The van der Waals surface area contributed by atoms with E-state index in [1.165, 1.54) is 36.4 Å². The summed E-state index contributed by atoms with van der Waals surface area (Å²) in [6.07, 6.45) is 0. The molecule has 1 N–H and O–H groups in total. The van der Waals surface area contributed by atoms with Crippen molar-refractivity contribution in [3.8, 4) is 6.07 Å². The van der Waals surface area contributed by atoms with Gasteiger partial charge in [0.15, 0.2) is 0 Å². The number of hydrogen-bond donors (Lipinski definition) is 1. The lowest BCUT2D eigenvalue weighted by molar-refractivity contribution is 0.102. The van der Waals surface area contributed by atoms with Crippen molar-refractivity contribution < 1.29 is 9.18 Å². The van der Waals surface area contributed by atoms with E-state index in [0.29, 0.717) is 15.6 Å². The monoisotopic (exact) mass is 318 g/mol. The van der Waals surface area contributed by atoms with E-state index in [1.54, 1.807) is 6.07 Å². The molecule has 0 aliphatic carbocycles. The van der Waals surface area contributed by atoms with Gasteiger partial charge in [0, 0.05) is 10.0 Å². The Morgan fingerprint density at radius 3 is 2.47 bits per heavy atom. The Morgan fingerprint density at radius 2 is 1.89 bits per heavy atom. The summed E-state index contributed by atoms with van der Waals surface area (Å²) in [5.41, 5.74) is 0.935. The second-order valence-corrected chi connectivity index (χ2v) is 4.68. The van der Waals surface area contributed by atoms with Crippen molar-refractivity contribution in [3.63, 3.8) is 0 Å². The fourth-order valence-corrected chi connectivity index (χ4v) is 1.81. The van der Waals surface area contributed by atoms with E-state index in [2.05, 4.69) is 21.2 Å². The molecule has 19 heavy (non-hydrogen) atoms. The Hall–Kier alpha value is -2.19. The number of nitrogens with zero attached hydrogens (tertiary/aromatic N) is 1. The molecule has 0 heterocycles. The second-order valence-electron chi connectivity index (χ2n) is 3.77. The van der Waals surface area contributed by atoms with E-state index in [-0.39, 0.29) is 5.69 Å². The summed E-state index contributed by atoms with van der Waals surface area (Å²) in [5.74, 6) is -0.943. The average Bonchev–Trinajstić information content (AvgIpc) is 2.42. The van der Waals surface area contributed by atoms with Crippen molar-refractivity contribution in [3.05, 3.63) is 63.9 Å². The van der Waals surface area contributed by atoms with Gasteiger partial charge in [-0.1, -0.05) is 15.9 Å². The van der Waals surface area contributed by atoms with Gasteiger partial charge in [-0.2, -0.15) is 5.26 Å². The fourth-order valence-electron chi connectivity index (χ4n) is 1.48. The number of nitriles is 1. The van der Waals surface area contributed by atoms with Gasteiger partial charge in [0.05, 0.1) is 17.3 Å². The Balaban J connectivity index is 2.18. The van der Waals surface area contributed by atoms with Crippen LogP contribution in [-0.4, -0.2) is 5.91 Å². The van der Waals surface area contributed by atoms with E-state index >= 15 is 0 Å². The van der Waals surface area contributed by atoms with Crippen molar-refractivity contribution in [1.82, 2.24) is 0 Å². The number of nitrogens with one attached hydrogen (secondary N) is 1. The number of amides is 1. The predicted octanol–water partition coefficient (Wildman–Crippen LogP) is 3.71. The molecule has 0 radical (unpaired) electrons. The first-order valence-corrected chi connectivity index (χ1v) is 6.16. The molecule has 0 spiro atoms. The predicted molar refractivity (Wildman–Crippen MR) is 73.2 cm³/mol. The average molecular weight is 319 g/mol. The van der Waals surface area contributed by atoms with E-state index in [9.17, 15) is 9.18 Å². The summed E-state index contributed by atoms with van der Waals surface area (Å²) < 4.78 is 14.2. The zero-order valence-corrected chi connectivity index (χ0v) is 11.2. The SMILES string of the molecule is N#Cc1ccc(C(=O)Nc2ccc(Br)cc2F)cc1. The van der Waals surface area contributed by atoms with E-state index < -0.39 is 11.7 Å². The standard InChI is InChI=1S/C14H8BrFN2O/c15-11-5-6-13(12(16)7-11)18-14(19)10-3-1-9(8-17)2-4-10/h1-7H,(H,18,19). The first kappa shape index (κ1) is 13.2. The second kappa shape index (κ2) is 5.63. The van der Waals surface area contributed by atoms with Crippen molar-refractivity contribution in [2.75, 3.05) is 5.32 Å². The van der Waals surface area contributed by atoms with Crippen LogP contribution < -0.4 is 5.32 Å². The molecule has 0 aromatic heterocycles. The molecule has 0 saturated carbocycles. The molecule has 0 aliphatic heterocycles. The molecular formula is C14H8BrFN2O. The molecule has 2 aromatic rings. The number of anilines is 1. The van der Waals surface area contributed by atoms with Crippen LogP contribution in [0.5, 0.6) is 0 Å². The molecule has 0 fully saturated rings. The summed E-state index contributed by atoms with van der Waals surface area (Å²) >= 11 is 3.14. The van der Waals surface area contributed by atoms with Crippen molar-refractivity contribution >= 4 is 27.5 Å². The molecule has 2 rings (SSSR count). The molecule has 0 bridgehead atoms. The quantitative estimate of drug-likeness (QED) is 0.917. The van der Waals surface area contributed by atoms with Gasteiger partial charge < -0.3 is 5.32 Å². The number of halogens is 2. The first-order chi connectivity index (χ1) is 9.10. The van der Waals surface area contributed by atoms with E-state index in [0.717, 1.165) is 0 Å². The summed E-state index contributed by atoms with van der Waals surface area (Å²) in [7, 11) is 0. The van der Waals surface area contributed by atoms with Gasteiger partial charge in [0.1, 0.15) is 5.82 Å². The molecule has 94 valence electrons. The third-order valence-electron chi connectivity index (χ3n) is 2.46. The van der Waals surface area contributed by atoms with Crippen molar-refractivity contribution in [2.24, 2.45) is 0 Å². The van der Waals surface area contributed by atoms with Crippen LogP contribution in [0.3, 0.4) is 0 Å². The highest BCUT2D eigenvalue weighted by Gasteiger charge is 2.09. The zero-order valence-electron chi connectivity index (χ0n) is 9.65. The van der Waals surface area contributed by atoms with Crippen LogP contribution in [0.1, 0.15) is 15.9 Å². The highest BCUT2D eigenvalue weighted by Crippen LogP contribution is 2.20. The van der Waals surface area contributed by atoms with Gasteiger partial charge in [0.2, 0.25) is 0 Å². The number of hydrogen-bond acceptors (Lipinski definition) is 2. The molecule has 0 unspecified atom stereocenters. The molecule has 1 amide bonds. The fraction of sp³-hybridized carbons (Fsp3) is 0. The Morgan fingerprint density at radius 1 is 1.21 bits per heavy atom. The summed E-state index contributed by atoms with van der Waals surface area (Å²) in [5, 5.41) is 11.1. The van der Waals surface area contributed by atoms with Crippen molar-refractivity contribution in [1.29, 1.82) is 5.26 Å². The molecule has 0 atom stereocenters. The summed E-state index contributed by atoms with van der Waals surface area (Å²) in [4.78, 5) is 11.9. The zero-order chi connectivity index (χ0) is 13.8. The maximum atomic E-state index is 13.6. The first-order valence-electron chi connectivity index (χ1n) is 5.37. The van der Waals surface area contributed by atoms with E-state index in [4.69, 9.17) is 5.26 Å². The highest BCUT2D eigenvalue weighted by molar-refractivity contribution is 9.10. The Bertz CT molecular complexity index is 662. The molecule has 0 saturated heterocycles. The third kappa shape index (κ3) is 3.18. The van der Waals surface area contributed by atoms with Gasteiger partial charge in [-0.05, 0) is 42.5 Å². The van der Waals surface area contributed by atoms with Crippen LogP contribution in [0.2, 0.25) is 0 Å². The van der Waals surface area contributed by atoms with Gasteiger partial charge in [-0.25, -0.2) is 4.39 Å². The highest BCUT2D eigenvalue weighted by atomic mass is 79.9. The lowest BCUT2D eigenvalue weighted by atomic mass is 10.1. The van der Waals surface area contributed by atoms with Crippen LogP contribution in [0.15, 0.2) is 46.9 Å². The molecule has 5 heteroatoms. The molecule has 2 aromatic carbocycles. The Labute approximate surface area is 117 Å². The molecule has 3 nitrogen and oxygen atoms in total.